The monoisotopic (exact) mass is 402 g/mol. The van der Waals surface area contributed by atoms with Gasteiger partial charge in [-0.05, 0) is 52.0 Å². The van der Waals surface area contributed by atoms with Crippen LogP contribution in [0.4, 0.5) is 4.79 Å². The first-order valence-corrected chi connectivity index (χ1v) is 10.5. The SMILES string of the molecule is CN=C(NCc1ccccc1OCC1CC1)N1CCC(NC(=O)OC(C)(C)C)C1. The van der Waals surface area contributed by atoms with Crippen molar-refractivity contribution in [2.24, 2.45) is 10.9 Å². The standard InChI is InChI=1S/C22H34N4O3/c1-22(2,3)29-21(27)25-18-11-12-26(14-18)20(23-4)24-13-17-7-5-6-8-19(17)28-15-16-9-10-16/h5-8,16,18H,9-15H2,1-4H3,(H,23,24)(H,25,27). The number of guanidine groups is 1. The molecule has 1 unspecified atom stereocenters. The Morgan fingerprint density at radius 1 is 1.24 bits per heavy atom. The van der Waals surface area contributed by atoms with Crippen LogP contribution in [0.1, 0.15) is 45.6 Å². The molecule has 2 aliphatic rings. The smallest absolute Gasteiger partial charge is 0.407 e. The summed E-state index contributed by atoms with van der Waals surface area (Å²) in [5, 5.41) is 6.39. The predicted molar refractivity (Wildman–Crippen MR) is 114 cm³/mol. The molecule has 7 heteroatoms. The summed E-state index contributed by atoms with van der Waals surface area (Å²) in [6.07, 6.45) is 3.05. The molecule has 160 valence electrons. The van der Waals surface area contributed by atoms with E-state index in [1.54, 1.807) is 7.05 Å². The van der Waals surface area contributed by atoms with Crippen LogP contribution >= 0.6 is 0 Å². The third-order valence-corrected chi connectivity index (χ3v) is 5.00. The molecule has 1 aliphatic carbocycles. The van der Waals surface area contributed by atoms with Crippen LogP contribution in [-0.4, -0.2) is 55.3 Å². The van der Waals surface area contributed by atoms with Crippen LogP contribution < -0.4 is 15.4 Å². The van der Waals surface area contributed by atoms with Gasteiger partial charge in [0.25, 0.3) is 0 Å². The van der Waals surface area contributed by atoms with Crippen molar-refractivity contribution in [2.45, 2.75) is 58.2 Å². The van der Waals surface area contributed by atoms with Crippen LogP contribution in [0, 0.1) is 5.92 Å². The molecule has 3 rings (SSSR count). The number of aliphatic imine (C=N–C) groups is 1. The van der Waals surface area contributed by atoms with E-state index in [-0.39, 0.29) is 12.1 Å². The summed E-state index contributed by atoms with van der Waals surface area (Å²) >= 11 is 0. The Kier molecular flexibility index (Phi) is 6.87. The first kappa shape index (κ1) is 21.3. The van der Waals surface area contributed by atoms with Gasteiger partial charge >= 0.3 is 6.09 Å². The highest BCUT2D eigenvalue weighted by atomic mass is 16.6. The number of ether oxygens (including phenoxy) is 2. The van der Waals surface area contributed by atoms with Gasteiger partial charge in [0.2, 0.25) is 0 Å². The van der Waals surface area contributed by atoms with Gasteiger partial charge in [-0.2, -0.15) is 0 Å². The van der Waals surface area contributed by atoms with Crippen molar-refractivity contribution in [2.75, 3.05) is 26.7 Å². The van der Waals surface area contributed by atoms with E-state index in [4.69, 9.17) is 9.47 Å². The number of alkyl carbamates (subject to hydrolysis) is 1. The lowest BCUT2D eigenvalue weighted by Gasteiger charge is -2.23. The zero-order valence-corrected chi connectivity index (χ0v) is 18.0. The van der Waals surface area contributed by atoms with Gasteiger partial charge < -0.3 is 25.0 Å². The van der Waals surface area contributed by atoms with E-state index in [2.05, 4.69) is 26.6 Å². The summed E-state index contributed by atoms with van der Waals surface area (Å²) in [5.74, 6) is 2.49. The summed E-state index contributed by atoms with van der Waals surface area (Å²) in [5.41, 5.74) is 0.631. The second-order valence-corrected chi connectivity index (χ2v) is 8.84. The van der Waals surface area contributed by atoms with E-state index < -0.39 is 5.60 Å². The summed E-state index contributed by atoms with van der Waals surface area (Å²) in [4.78, 5) is 18.6. The average Bonchev–Trinajstić information content (AvgIpc) is 3.38. The van der Waals surface area contributed by atoms with Crippen LogP contribution in [-0.2, 0) is 11.3 Å². The van der Waals surface area contributed by atoms with Crippen molar-refractivity contribution in [3.63, 3.8) is 0 Å². The molecule has 1 aliphatic heterocycles. The van der Waals surface area contributed by atoms with Crippen molar-refractivity contribution in [1.82, 2.24) is 15.5 Å². The Labute approximate surface area is 173 Å². The topological polar surface area (TPSA) is 75.2 Å². The largest absolute Gasteiger partial charge is 0.493 e. The molecule has 1 saturated heterocycles. The maximum atomic E-state index is 12.0. The van der Waals surface area contributed by atoms with Crippen LogP contribution in [0.5, 0.6) is 5.75 Å². The second-order valence-electron chi connectivity index (χ2n) is 8.84. The number of benzene rings is 1. The third kappa shape index (κ3) is 6.84. The molecule has 1 aromatic rings. The van der Waals surface area contributed by atoms with E-state index in [0.717, 1.165) is 42.8 Å². The molecule has 1 amide bonds. The van der Waals surface area contributed by atoms with Crippen molar-refractivity contribution in [3.8, 4) is 5.75 Å². The predicted octanol–water partition coefficient (Wildman–Crippen LogP) is 3.15. The minimum Gasteiger partial charge on any atom is -0.493 e. The zero-order chi connectivity index (χ0) is 20.9. The van der Waals surface area contributed by atoms with Gasteiger partial charge in [-0.3, -0.25) is 4.99 Å². The molecule has 0 radical (unpaired) electrons. The summed E-state index contributed by atoms with van der Waals surface area (Å²) < 4.78 is 11.4. The minimum absolute atomic E-state index is 0.0533. The van der Waals surface area contributed by atoms with E-state index in [0.29, 0.717) is 13.1 Å². The Balaban J connectivity index is 1.49. The zero-order valence-electron chi connectivity index (χ0n) is 18.0. The Bertz CT molecular complexity index is 725. The molecular weight excluding hydrogens is 368 g/mol. The molecule has 0 bridgehead atoms. The fourth-order valence-electron chi connectivity index (χ4n) is 3.33. The van der Waals surface area contributed by atoms with Crippen LogP contribution in [0.2, 0.25) is 0 Å². The van der Waals surface area contributed by atoms with E-state index >= 15 is 0 Å². The number of para-hydroxylation sites is 1. The first-order chi connectivity index (χ1) is 13.8. The van der Waals surface area contributed by atoms with Crippen LogP contribution in [0.3, 0.4) is 0 Å². The molecular formula is C22H34N4O3. The quantitative estimate of drug-likeness (QED) is 0.565. The molecule has 1 saturated carbocycles. The molecule has 0 aromatic heterocycles. The van der Waals surface area contributed by atoms with Gasteiger partial charge in [-0.15, -0.1) is 0 Å². The lowest BCUT2D eigenvalue weighted by molar-refractivity contribution is 0.0507. The maximum absolute atomic E-state index is 12.0. The second kappa shape index (κ2) is 9.37. The van der Waals surface area contributed by atoms with E-state index in [1.165, 1.54) is 12.8 Å². The highest BCUT2D eigenvalue weighted by Gasteiger charge is 2.28. The van der Waals surface area contributed by atoms with Gasteiger partial charge in [0.15, 0.2) is 5.96 Å². The molecule has 0 spiro atoms. The normalized spacial score (nSPS) is 19.8. The Morgan fingerprint density at radius 2 is 2.00 bits per heavy atom. The van der Waals surface area contributed by atoms with Crippen molar-refractivity contribution < 1.29 is 14.3 Å². The van der Waals surface area contributed by atoms with E-state index in [1.807, 2.05) is 39.0 Å². The van der Waals surface area contributed by atoms with Gasteiger partial charge in [0, 0.05) is 32.2 Å². The molecule has 7 nitrogen and oxygen atoms in total. The van der Waals surface area contributed by atoms with Crippen molar-refractivity contribution >= 4 is 12.1 Å². The van der Waals surface area contributed by atoms with Gasteiger partial charge in [0.1, 0.15) is 11.4 Å². The lowest BCUT2D eigenvalue weighted by atomic mass is 10.2. The van der Waals surface area contributed by atoms with Crippen molar-refractivity contribution in [3.05, 3.63) is 29.8 Å². The number of amides is 1. The van der Waals surface area contributed by atoms with Crippen molar-refractivity contribution in [1.29, 1.82) is 0 Å². The van der Waals surface area contributed by atoms with Gasteiger partial charge in [-0.1, -0.05) is 18.2 Å². The molecule has 2 N–H and O–H groups in total. The first-order valence-electron chi connectivity index (χ1n) is 10.5. The number of nitrogens with zero attached hydrogens (tertiary/aromatic N) is 2. The maximum Gasteiger partial charge on any atom is 0.407 e. The molecule has 1 heterocycles. The van der Waals surface area contributed by atoms with Gasteiger partial charge in [-0.25, -0.2) is 4.79 Å². The molecule has 2 fully saturated rings. The number of hydrogen-bond donors (Lipinski definition) is 2. The molecule has 1 atom stereocenters. The average molecular weight is 403 g/mol. The lowest BCUT2D eigenvalue weighted by Crippen LogP contribution is -2.44. The van der Waals surface area contributed by atoms with Crippen LogP contribution in [0.25, 0.3) is 0 Å². The fraction of sp³-hybridized carbons (Fsp3) is 0.636. The number of carbonyl (C=O) groups is 1. The summed E-state index contributed by atoms with van der Waals surface area (Å²) in [6, 6.07) is 8.20. The highest BCUT2D eigenvalue weighted by Crippen LogP contribution is 2.30. The Morgan fingerprint density at radius 3 is 2.69 bits per heavy atom. The molecule has 1 aromatic carbocycles. The summed E-state index contributed by atoms with van der Waals surface area (Å²) in [6.45, 7) is 8.59. The number of nitrogens with one attached hydrogen (secondary N) is 2. The molecule has 29 heavy (non-hydrogen) atoms. The minimum atomic E-state index is -0.491. The van der Waals surface area contributed by atoms with E-state index in [9.17, 15) is 4.79 Å². The fourth-order valence-corrected chi connectivity index (χ4v) is 3.33. The van der Waals surface area contributed by atoms with Gasteiger partial charge in [0.05, 0.1) is 12.6 Å². The number of carbonyl (C=O) groups excluding carboxylic acids is 1. The third-order valence-electron chi connectivity index (χ3n) is 5.00. The van der Waals surface area contributed by atoms with Crippen LogP contribution in [0.15, 0.2) is 29.3 Å². The number of rotatable bonds is 6. The number of likely N-dealkylation sites (tertiary alicyclic amines) is 1. The summed E-state index contributed by atoms with van der Waals surface area (Å²) in [7, 11) is 1.78. The highest BCUT2D eigenvalue weighted by molar-refractivity contribution is 5.80. The Hall–Kier alpha value is -2.44. The number of hydrogen-bond acceptors (Lipinski definition) is 4.